The SMILES string of the molecule is C[C@H](NC(=O)c1cc(C#N)cnc1N[C@H](CC(=O)O)c1ccc(-c2cn(S(=O)(=O)c3ccccc3)c3ncnc(N)c23)cc1)c1ccc(F)cc1. The lowest BCUT2D eigenvalue weighted by Crippen LogP contribution is -2.28. The van der Waals surface area contributed by atoms with Gasteiger partial charge in [0, 0.05) is 18.0 Å². The lowest BCUT2D eigenvalue weighted by Gasteiger charge is -2.21. The first kappa shape index (κ1) is 34.2. The predicted octanol–water partition coefficient (Wildman–Crippen LogP) is 5.44. The van der Waals surface area contributed by atoms with E-state index in [4.69, 9.17) is 5.73 Å². The van der Waals surface area contributed by atoms with Gasteiger partial charge in [0.1, 0.15) is 29.8 Å². The van der Waals surface area contributed by atoms with E-state index in [-0.39, 0.29) is 33.3 Å². The monoisotopic (exact) mass is 704 g/mol. The number of benzene rings is 3. The highest BCUT2D eigenvalue weighted by Gasteiger charge is 2.26. The summed E-state index contributed by atoms with van der Waals surface area (Å²) in [7, 11) is -4.06. The number of carbonyl (C=O) groups excluding carboxylic acids is 1. The summed E-state index contributed by atoms with van der Waals surface area (Å²) in [6, 6.07) is 22.0. The van der Waals surface area contributed by atoms with Crippen LogP contribution in [0.3, 0.4) is 0 Å². The number of halogens is 1. The lowest BCUT2D eigenvalue weighted by molar-refractivity contribution is -0.137. The van der Waals surface area contributed by atoms with E-state index in [1.165, 1.54) is 61.2 Å². The minimum Gasteiger partial charge on any atom is -0.481 e. The van der Waals surface area contributed by atoms with Crippen LogP contribution in [0.5, 0.6) is 0 Å². The molecular formula is C36H29FN8O5S. The molecule has 256 valence electrons. The van der Waals surface area contributed by atoms with Crippen molar-refractivity contribution < 1.29 is 27.5 Å². The molecule has 3 heterocycles. The third-order valence-corrected chi connectivity index (χ3v) is 9.84. The smallest absolute Gasteiger partial charge is 0.305 e. The number of rotatable bonds is 11. The molecule has 0 fully saturated rings. The predicted molar refractivity (Wildman–Crippen MR) is 186 cm³/mol. The summed E-state index contributed by atoms with van der Waals surface area (Å²) in [5.74, 6) is -2.05. The first-order valence-corrected chi connectivity index (χ1v) is 16.9. The summed E-state index contributed by atoms with van der Waals surface area (Å²) >= 11 is 0. The number of carboxylic acids is 1. The van der Waals surface area contributed by atoms with Gasteiger partial charge in [-0.1, -0.05) is 54.6 Å². The van der Waals surface area contributed by atoms with Gasteiger partial charge in [-0.25, -0.2) is 31.7 Å². The molecule has 13 nitrogen and oxygen atoms in total. The van der Waals surface area contributed by atoms with E-state index < -0.39 is 46.2 Å². The average Bonchev–Trinajstić information content (AvgIpc) is 3.54. The molecule has 0 spiro atoms. The quantitative estimate of drug-likeness (QED) is 0.134. The standard InChI is InChI=1S/C36H29FN8O5S/c1-21(23-11-13-26(37)14-12-23)43-36(48)28-15-22(17-38)18-40-34(28)44-30(16-31(46)47)25-9-7-24(8-10-25)29-19-45(35-32(29)33(39)41-20-42-35)51(49,50)27-5-3-2-4-6-27/h2-15,18-21,30H,16H2,1H3,(H,40,44)(H,43,48)(H,46,47)(H2,39,41,42)/t21-,30+/m0/s1. The molecule has 0 aliphatic carbocycles. The Morgan fingerprint density at radius 1 is 1.00 bits per heavy atom. The average molecular weight is 705 g/mol. The maximum Gasteiger partial charge on any atom is 0.305 e. The highest BCUT2D eigenvalue weighted by molar-refractivity contribution is 7.90. The van der Waals surface area contributed by atoms with Crippen molar-refractivity contribution in [2.45, 2.75) is 30.3 Å². The number of nitrogens with two attached hydrogens (primary N) is 1. The highest BCUT2D eigenvalue weighted by Crippen LogP contribution is 2.36. The molecule has 0 aliphatic heterocycles. The molecule has 0 bridgehead atoms. The fraction of sp³-hybridized carbons (Fsp3) is 0.111. The molecule has 1 amide bonds. The van der Waals surface area contributed by atoms with Crippen molar-refractivity contribution in [2.75, 3.05) is 11.1 Å². The van der Waals surface area contributed by atoms with Crippen LogP contribution in [-0.2, 0) is 14.8 Å². The van der Waals surface area contributed by atoms with Crippen molar-refractivity contribution in [3.63, 3.8) is 0 Å². The van der Waals surface area contributed by atoms with Crippen LogP contribution in [0.15, 0.2) is 109 Å². The van der Waals surface area contributed by atoms with Crippen molar-refractivity contribution in [3.05, 3.63) is 132 Å². The number of aromatic nitrogens is 4. The number of anilines is 2. The number of nitriles is 1. The van der Waals surface area contributed by atoms with Gasteiger partial charge in [-0.15, -0.1) is 0 Å². The molecule has 0 saturated carbocycles. The number of nitrogens with zero attached hydrogens (tertiary/aromatic N) is 5. The molecule has 0 unspecified atom stereocenters. The van der Waals surface area contributed by atoms with Crippen LogP contribution in [0.1, 0.15) is 52.5 Å². The maximum atomic E-state index is 13.6. The minimum atomic E-state index is -4.06. The fourth-order valence-corrected chi connectivity index (χ4v) is 6.91. The molecule has 0 aliphatic rings. The van der Waals surface area contributed by atoms with Gasteiger partial charge in [0.2, 0.25) is 0 Å². The Bertz CT molecular complexity index is 2410. The van der Waals surface area contributed by atoms with E-state index in [0.717, 1.165) is 3.97 Å². The van der Waals surface area contributed by atoms with E-state index in [1.54, 1.807) is 49.4 Å². The van der Waals surface area contributed by atoms with E-state index in [2.05, 4.69) is 25.6 Å². The lowest BCUT2D eigenvalue weighted by atomic mass is 9.98. The molecule has 3 aromatic heterocycles. The number of pyridine rings is 1. The second kappa shape index (κ2) is 14.1. The van der Waals surface area contributed by atoms with Gasteiger partial charge in [-0.3, -0.25) is 9.59 Å². The largest absolute Gasteiger partial charge is 0.481 e. The van der Waals surface area contributed by atoms with Crippen LogP contribution in [0.4, 0.5) is 16.0 Å². The third-order valence-electron chi connectivity index (χ3n) is 8.17. The zero-order chi connectivity index (χ0) is 36.3. The molecule has 3 aromatic carbocycles. The van der Waals surface area contributed by atoms with E-state index in [0.29, 0.717) is 27.6 Å². The van der Waals surface area contributed by atoms with Crippen molar-refractivity contribution in [3.8, 4) is 17.2 Å². The van der Waals surface area contributed by atoms with E-state index in [9.17, 15) is 32.8 Å². The Balaban J connectivity index is 1.33. The summed E-state index contributed by atoms with van der Waals surface area (Å²) in [6.07, 6.45) is 3.44. The fourth-order valence-electron chi connectivity index (χ4n) is 5.58. The second-order valence-corrected chi connectivity index (χ2v) is 13.3. The minimum absolute atomic E-state index is 0.00192. The second-order valence-electron chi connectivity index (χ2n) is 11.5. The number of aliphatic carboxylic acids is 1. The molecule has 5 N–H and O–H groups in total. The highest BCUT2D eigenvalue weighted by atomic mass is 32.2. The van der Waals surface area contributed by atoms with Crippen molar-refractivity contribution in [1.82, 2.24) is 24.2 Å². The number of nitrogens with one attached hydrogen (secondary N) is 2. The first-order valence-electron chi connectivity index (χ1n) is 15.4. The van der Waals surface area contributed by atoms with Gasteiger partial charge in [0.25, 0.3) is 15.9 Å². The van der Waals surface area contributed by atoms with Gasteiger partial charge in [0.05, 0.1) is 39.9 Å². The van der Waals surface area contributed by atoms with Crippen LogP contribution in [0.2, 0.25) is 0 Å². The summed E-state index contributed by atoms with van der Waals surface area (Å²) in [5.41, 5.74) is 8.54. The van der Waals surface area contributed by atoms with Gasteiger partial charge in [-0.05, 0) is 53.9 Å². The van der Waals surface area contributed by atoms with E-state index in [1.807, 2.05) is 6.07 Å². The van der Waals surface area contributed by atoms with Crippen molar-refractivity contribution >= 4 is 44.6 Å². The Hall–Kier alpha value is -6.66. The van der Waals surface area contributed by atoms with Crippen LogP contribution < -0.4 is 16.4 Å². The van der Waals surface area contributed by atoms with Crippen molar-refractivity contribution in [1.29, 1.82) is 5.26 Å². The summed E-state index contributed by atoms with van der Waals surface area (Å²) < 4.78 is 41.7. The number of fused-ring (bicyclic) bond motifs is 1. The number of nitrogen functional groups attached to an aromatic ring is 1. The molecule has 0 saturated heterocycles. The molecule has 51 heavy (non-hydrogen) atoms. The topological polar surface area (TPSA) is 206 Å². The number of amides is 1. The molecule has 6 aromatic rings. The van der Waals surface area contributed by atoms with Crippen molar-refractivity contribution in [2.24, 2.45) is 0 Å². The van der Waals surface area contributed by atoms with Gasteiger partial charge < -0.3 is 21.5 Å². The van der Waals surface area contributed by atoms with Crippen LogP contribution >= 0.6 is 0 Å². The summed E-state index contributed by atoms with van der Waals surface area (Å²) in [6.45, 7) is 1.71. The zero-order valence-electron chi connectivity index (χ0n) is 26.9. The third kappa shape index (κ3) is 7.07. The van der Waals surface area contributed by atoms with Gasteiger partial charge in [-0.2, -0.15) is 5.26 Å². The number of hydrogen-bond donors (Lipinski definition) is 4. The Morgan fingerprint density at radius 2 is 1.69 bits per heavy atom. The molecule has 15 heteroatoms. The van der Waals surface area contributed by atoms with Crippen LogP contribution in [0, 0.1) is 17.1 Å². The number of carboxylic acid groups (broad SMARTS) is 1. The number of hydrogen-bond acceptors (Lipinski definition) is 10. The van der Waals surface area contributed by atoms with Crippen LogP contribution in [-0.4, -0.2) is 44.3 Å². The molecule has 0 radical (unpaired) electrons. The zero-order valence-corrected chi connectivity index (χ0v) is 27.7. The Labute approximate surface area is 291 Å². The summed E-state index contributed by atoms with van der Waals surface area (Å²) in [5, 5.41) is 25.5. The van der Waals surface area contributed by atoms with Gasteiger partial charge in [0.15, 0.2) is 5.65 Å². The Morgan fingerprint density at radius 3 is 2.35 bits per heavy atom. The first-order chi connectivity index (χ1) is 24.5. The molecule has 2 atom stereocenters. The van der Waals surface area contributed by atoms with E-state index >= 15 is 0 Å². The number of carbonyl (C=O) groups is 2. The normalized spacial score (nSPS) is 12.5. The Kier molecular flexibility index (Phi) is 9.43. The molecule has 6 rings (SSSR count). The summed E-state index contributed by atoms with van der Waals surface area (Å²) in [4.78, 5) is 38.1. The molecular weight excluding hydrogens is 676 g/mol. The van der Waals surface area contributed by atoms with Crippen LogP contribution in [0.25, 0.3) is 22.2 Å². The van der Waals surface area contributed by atoms with Gasteiger partial charge >= 0.3 is 5.97 Å². The maximum absolute atomic E-state index is 13.6.